The number of aromatic nitrogens is 2. The van der Waals surface area contributed by atoms with Crippen LogP contribution in [0.3, 0.4) is 0 Å². The molecule has 1 heterocycles. The first-order valence-corrected chi connectivity index (χ1v) is 4.73. The normalized spacial score (nSPS) is 21.3. The fourth-order valence-electron chi connectivity index (χ4n) is 1.62. The Bertz CT molecular complexity index is 410. The molecule has 0 fully saturated rings. The van der Waals surface area contributed by atoms with Crippen LogP contribution in [0.1, 0.15) is 19.8 Å². The van der Waals surface area contributed by atoms with Gasteiger partial charge in [0.1, 0.15) is 0 Å². The van der Waals surface area contributed by atoms with Crippen molar-refractivity contribution in [1.29, 1.82) is 0 Å². The zero-order valence-corrected chi connectivity index (χ0v) is 8.36. The van der Waals surface area contributed by atoms with E-state index in [2.05, 4.69) is 20.3 Å². The number of anilines is 2. The van der Waals surface area contributed by atoms with Gasteiger partial charge in [-0.25, -0.2) is 4.63 Å². The second kappa shape index (κ2) is 3.72. The van der Waals surface area contributed by atoms with Gasteiger partial charge in [0, 0.05) is 18.2 Å². The average molecular weight is 208 g/mol. The number of nitrogens with two attached hydrogens (primary N) is 1. The van der Waals surface area contributed by atoms with Gasteiger partial charge < -0.3 is 11.1 Å². The van der Waals surface area contributed by atoms with Crippen LogP contribution in [0, 0.1) is 5.92 Å². The van der Waals surface area contributed by atoms with Crippen LogP contribution in [0.4, 0.5) is 11.6 Å². The second-order valence-corrected chi connectivity index (χ2v) is 3.77. The van der Waals surface area contributed by atoms with Crippen molar-refractivity contribution in [2.75, 3.05) is 11.1 Å². The lowest BCUT2D eigenvalue weighted by Gasteiger charge is -2.18. The summed E-state index contributed by atoms with van der Waals surface area (Å²) >= 11 is 0. The quantitative estimate of drug-likeness (QED) is 0.751. The molecule has 0 saturated carbocycles. The fourth-order valence-corrected chi connectivity index (χ4v) is 1.62. The van der Waals surface area contributed by atoms with Gasteiger partial charge in [-0.2, -0.15) is 0 Å². The van der Waals surface area contributed by atoms with Crippen LogP contribution in [-0.2, 0) is 4.79 Å². The van der Waals surface area contributed by atoms with Gasteiger partial charge >= 0.3 is 0 Å². The summed E-state index contributed by atoms with van der Waals surface area (Å²) in [5.41, 5.74) is 6.29. The topological polar surface area (TPSA) is 94.0 Å². The summed E-state index contributed by atoms with van der Waals surface area (Å²) in [5.74, 6) is 1.02. The summed E-state index contributed by atoms with van der Waals surface area (Å²) in [6.45, 7) is 2.02. The molecule has 0 bridgehead atoms. The van der Waals surface area contributed by atoms with Gasteiger partial charge in [0.2, 0.25) is 11.6 Å². The smallest absolute Gasteiger partial charge is 0.219 e. The Hall–Kier alpha value is -1.85. The number of nitrogens with zero attached hydrogens (tertiary/aromatic N) is 2. The van der Waals surface area contributed by atoms with E-state index in [0.717, 1.165) is 12.1 Å². The van der Waals surface area contributed by atoms with Crippen molar-refractivity contribution in [2.45, 2.75) is 19.8 Å². The number of carbonyl (C=O) groups is 1. The van der Waals surface area contributed by atoms with E-state index in [1.54, 1.807) is 6.08 Å². The molecule has 3 N–H and O–H groups in total. The fraction of sp³-hybridized carbons (Fsp3) is 0.444. The Morgan fingerprint density at radius 2 is 2.33 bits per heavy atom. The van der Waals surface area contributed by atoms with Crippen LogP contribution in [-0.4, -0.2) is 16.1 Å². The van der Waals surface area contributed by atoms with Crippen molar-refractivity contribution in [3.8, 4) is 0 Å². The predicted octanol–water partition coefficient (Wildman–Crippen LogP) is 0.947. The monoisotopic (exact) mass is 208 g/mol. The second-order valence-electron chi connectivity index (χ2n) is 3.77. The molecule has 6 heteroatoms. The molecule has 0 aliphatic heterocycles. The number of hydrogen-bond donors (Lipinski definition) is 2. The minimum Gasteiger partial charge on any atom is -0.378 e. The molecule has 15 heavy (non-hydrogen) atoms. The number of nitrogen functional groups attached to an aromatic ring is 1. The van der Waals surface area contributed by atoms with Crippen LogP contribution in [0.2, 0.25) is 0 Å². The van der Waals surface area contributed by atoms with Gasteiger partial charge in [0.05, 0.1) is 0 Å². The highest BCUT2D eigenvalue weighted by Crippen LogP contribution is 2.23. The summed E-state index contributed by atoms with van der Waals surface area (Å²) in [5, 5.41) is 9.96. The first-order valence-electron chi connectivity index (χ1n) is 4.73. The molecule has 1 aliphatic carbocycles. The Labute approximate surface area is 86.5 Å². The van der Waals surface area contributed by atoms with E-state index in [1.165, 1.54) is 0 Å². The highest BCUT2D eigenvalue weighted by molar-refractivity contribution is 5.92. The molecule has 0 amide bonds. The molecule has 1 aliphatic rings. The first-order chi connectivity index (χ1) is 7.15. The predicted molar refractivity (Wildman–Crippen MR) is 53.8 cm³/mol. The Kier molecular flexibility index (Phi) is 2.40. The van der Waals surface area contributed by atoms with Gasteiger partial charge in [0.15, 0.2) is 5.78 Å². The summed E-state index contributed by atoms with van der Waals surface area (Å²) in [7, 11) is 0. The molecule has 1 atom stereocenters. The molecular weight excluding hydrogens is 196 g/mol. The summed E-state index contributed by atoms with van der Waals surface area (Å²) in [6, 6.07) is 0. The van der Waals surface area contributed by atoms with Gasteiger partial charge in [0.25, 0.3) is 0 Å². The Morgan fingerprint density at radius 1 is 1.53 bits per heavy atom. The van der Waals surface area contributed by atoms with Gasteiger partial charge in [-0.3, -0.25) is 4.79 Å². The molecule has 6 nitrogen and oxygen atoms in total. The summed E-state index contributed by atoms with van der Waals surface area (Å²) < 4.78 is 4.44. The number of nitrogens with one attached hydrogen (secondary N) is 1. The molecule has 0 spiro atoms. The number of carbonyl (C=O) groups excluding carboxylic acids is 1. The number of hydrogen-bond acceptors (Lipinski definition) is 6. The minimum absolute atomic E-state index is 0.117. The minimum atomic E-state index is 0.117. The largest absolute Gasteiger partial charge is 0.378 e. The van der Waals surface area contributed by atoms with Crippen LogP contribution >= 0.6 is 0 Å². The third-order valence-corrected chi connectivity index (χ3v) is 2.25. The summed E-state index contributed by atoms with van der Waals surface area (Å²) in [6.07, 6.45) is 2.98. The van der Waals surface area contributed by atoms with Crippen molar-refractivity contribution in [3.05, 3.63) is 11.8 Å². The molecule has 2 rings (SSSR count). The van der Waals surface area contributed by atoms with Gasteiger partial charge in [-0.05, 0) is 22.7 Å². The highest BCUT2D eigenvalue weighted by atomic mass is 16.6. The van der Waals surface area contributed by atoms with E-state index in [0.29, 0.717) is 18.2 Å². The standard InChI is InChI=1S/C9H12N4O2/c1-5-2-6(4-7(14)3-5)11-9-8(10)12-15-13-9/h4-5H,2-3H2,1H3,(H2,10,12)(H,11,13)/t5-/m1/s1. The van der Waals surface area contributed by atoms with Crippen molar-refractivity contribution in [1.82, 2.24) is 10.3 Å². The van der Waals surface area contributed by atoms with E-state index in [-0.39, 0.29) is 11.6 Å². The SMILES string of the molecule is C[C@H]1CC(=O)C=C(Nc2nonc2N)C1. The van der Waals surface area contributed by atoms with Gasteiger partial charge in [-0.1, -0.05) is 6.92 Å². The van der Waals surface area contributed by atoms with Crippen LogP contribution in [0.25, 0.3) is 0 Å². The molecule has 1 aromatic rings. The maximum Gasteiger partial charge on any atom is 0.219 e. The van der Waals surface area contributed by atoms with Gasteiger partial charge in [-0.15, -0.1) is 0 Å². The Balaban J connectivity index is 2.12. The van der Waals surface area contributed by atoms with Crippen LogP contribution in [0.15, 0.2) is 16.4 Å². The zero-order chi connectivity index (χ0) is 10.8. The maximum absolute atomic E-state index is 11.3. The third-order valence-electron chi connectivity index (χ3n) is 2.25. The van der Waals surface area contributed by atoms with E-state index < -0.39 is 0 Å². The lowest BCUT2D eigenvalue weighted by Crippen LogP contribution is -2.16. The zero-order valence-electron chi connectivity index (χ0n) is 8.36. The molecule has 0 saturated heterocycles. The average Bonchev–Trinajstić information content (AvgIpc) is 2.50. The van der Waals surface area contributed by atoms with Crippen molar-refractivity contribution in [2.24, 2.45) is 5.92 Å². The van der Waals surface area contributed by atoms with E-state index in [9.17, 15) is 4.79 Å². The highest BCUT2D eigenvalue weighted by Gasteiger charge is 2.18. The first kappa shape index (κ1) is 9.70. The number of allylic oxidation sites excluding steroid dienone is 2. The van der Waals surface area contributed by atoms with Crippen molar-refractivity contribution >= 4 is 17.4 Å². The van der Waals surface area contributed by atoms with E-state index in [1.807, 2.05) is 6.92 Å². The van der Waals surface area contributed by atoms with E-state index >= 15 is 0 Å². The lowest BCUT2D eigenvalue weighted by molar-refractivity contribution is -0.115. The van der Waals surface area contributed by atoms with Crippen LogP contribution < -0.4 is 11.1 Å². The number of rotatable bonds is 2. The molecule has 80 valence electrons. The lowest BCUT2D eigenvalue weighted by atomic mass is 9.93. The summed E-state index contributed by atoms with van der Waals surface area (Å²) in [4.78, 5) is 11.3. The van der Waals surface area contributed by atoms with E-state index in [4.69, 9.17) is 5.73 Å². The third kappa shape index (κ3) is 2.15. The molecule has 1 aromatic heterocycles. The number of ketones is 1. The molecular formula is C9H12N4O2. The molecule has 0 aromatic carbocycles. The van der Waals surface area contributed by atoms with Crippen LogP contribution in [0.5, 0.6) is 0 Å². The molecule has 0 unspecified atom stereocenters. The Morgan fingerprint density at radius 3 is 2.93 bits per heavy atom. The maximum atomic E-state index is 11.3. The molecule has 0 radical (unpaired) electrons. The van der Waals surface area contributed by atoms with Crippen molar-refractivity contribution in [3.63, 3.8) is 0 Å². The van der Waals surface area contributed by atoms with Crippen molar-refractivity contribution < 1.29 is 9.42 Å².